The van der Waals surface area contributed by atoms with E-state index in [1.54, 1.807) is 0 Å². The predicted octanol–water partition coefficient (Wildman–Crippen LogP) is 7.21. The molecule has 0 radical (unpaired) electrons. The molecule has 1 aliphatic heterocycles. The Morgan fingerprint density at radius 3 is 2.05 bits per heavy atom. The molecule has 0 aliphatic carbocycles. The van der Waals surface area contributed by atoms with Crippen molar-refractivity contribution in [3.05, 3.63) is 96.4 Å². The molecule has 2 atom stereocenters. The van der Waals surface area contributed by atoms with Crippen LogP contribution in [0, 0.1) is 5.82 Å². The van der Waals surface area contributed by atoms with Crippen LogP contribution in [0.2, 0.25) is 0 Å². The molecule has 37 heavy (non-hydrogen) atoms. The zero-order valence-corrected chi connectivity index (χ0v) is 21.2. The zero-order valence-electron chi connectivity index (χ0n) is 21.2. The molecule has 1 saturated heterocycles. The van der Waals surface area contributed by atoms with Gasteiger partial charge in [-0.25, -0.2) is 4.39 Å². The Labute approximate surface area is 217 Å². The summed E-state index contributed by atoms with van der Waals surface area (Å²) in [5, 5.41) is 10.2. The highest BCUT2D eigenvalue weighted by Gasteiger charge is 2.30. The monoisotopic (exact) mass is 497 g/mol. The normalized spacial score (nSPS) is 17.7. The number of carbonyl (C=O) groups is 1. The van der Waals surface area contributed by atoms with Crippen molar-refractivity contribution < 1.29 is 19.0 Å². The minimum absolute atomic E-state index is 0.0500. The van der Waals surface area contributed by atoms with E-state index in [0.29, 0.717) is 19.4 Å². The van der Waals surface area contributed by atoms with Crippen LogP contribution < -0.4 is 0 Å². The number of aliphatic hydroxyl groups excluding tert-OH is 1. The van der Waals surface area contributed by atoms with Gasteiger partial charge < -0.3 is 14.4 Å². The molecule has 1 N–H and O–H groups in total. The number of carbonyl (C=O) groups excluding carboxylic acids is 1. The number of rotatable bonds is 7. The third-order valence-corrected chi connectivity index (χ3v) is 7.00. The Morgan fingerprint density at radius 1 is 0.892 bits per heavy atom. The standard InChI is InChI=1S/C32H32FNO3/c1-21(2)31-29(22-9-5-3-6-10-22)30(23-11-7-4-8-12-23)32(24-13-15-25(33)16-14-24)34(31)18-17-27-19-26(35)20-28(36)37-27/h3-16,21,26-27,35H,17-20H2,1-2H3. The lowest BCUT2D eigenvalue weighted by molar-refractivity contribution is -0.160. The molecule has 1 aliphatic rings. The van der Waals surface area contributed by atoms with Gasteiger partial charge in [0.25, 0.3) is 0 Å². The summed E-state index contributed by atoms with van der Waals surface area (Å²) in [5.41, 5.74) is 7.56. The van der Waals surface area contributed by atoms with E-state index >= 15 is 0 Å². The number of hydrogen-bond acceptors (Lipinski definition) is 3. The summed E-state index contributed by atoms with van der Waals surface area (Å²) in [7, 11) is 0. The molecule has 3 aromatic carbocycles. The molecule has 2 heterocycles. The first kappa shape index (κ1) is 25.0. The minimum Gasteiger partial charge on any atom is -0.462 e. The molecule has 4 nitrogen and oxygen atoms in total. The van der Waals surface area contributed by atoms with E-state index in [1.807, 2.05) is 48.5 Å². The highest BCUT2D eigenvalue weighted by molar-refractivity contribution is 5.96. The Bertz CT molecular complexity index is 1360. The van der Waals surface area contributed by atoms with Crippen molar-refractivity contribution >= 4 is 5.97 Å². The average Bonchev–Trinajstić information content (AvgIpc) is 3.24. The third-order valence-electron chi connectivity index (χ3n) is 7.00. The van der Waals surface area contributed by atoms with E-state index in [9.17, 15) is 14.3 Å². The second kappa shape index (κ2) is 10.7. The molecule has 190 valence electrons. The quantitative estimate of drug-likeness (QED) is 0.275. The lowest BCUT2D eigenvalue weighted by Crippen LogP contribution is -2.33. The predicted molar refractivity (Wildman–Crippen MR) is 145 cm³/mol. The van der Waals surface area contributed by atoms with Crippen molar-refractivity contribution in [2.24, 2.45) is 0 Å². The summed E-state index contributed by atoms with van der Waals surface area (Å²) >= 11 is 0. The molecule has 0 spiro atoms. The fourth-order valence-corrected chi connectivity index (χ4v) is 5.47. The summed E-state index contributed by atoms with van der Waals surface area (Å²) in [4.78, 5) is 12.0. The van der Waals surface area contributed by atoms with Gasteiger partial charge in [-0.1, -0.05) is 74.5 Å². The van der Waals surface area contributed by atoms with Crippen molar-refractivity contribution in [2.75, 3.05) is 0 Å². The average molecular weight is 498 g/mol. The van der Waals surface area contributed by atoms with Crippen LogP contribution in [0.15, 0.2) is 84.9 Å². The molecule has 0 saturated carbocycles. The van der Waals surface area contributed by atoms with Crippen LogP contribution >= 0.6 is 0 Å². The minimum atomic E-state index is -0.670. The number of aromatic nitrogens is 1. The molecule has 1 aromatic heterocycles. The van der Waals surface area contributed by atoms with Crippen LogP contribution in [-0.4, -0.2) is 27.9 Å². The van der Waals surface area contributed by atoms with Crippen LogP contribution in [-0.2, 0) is 16.1 Å². The SMILES string of the molecule is CC(C)c1c(-c2ccccc2)c(-c2ccccc2)c(-c2ccc(F)cc2)n1CCC1CC(O)CC(=O)O1. The van der Waals surface area contributed by atoms with Crippen molar-refractivity contribution in [3.8, 4) is 33.5 Å². The van der Waals surface area contributed by atoms with Gasteiger partial charge in [-0.2, -0.15) is 0 Å². The van der Waals surface area contributed by atoms with Gasteiger partial charge in [-0.3, -0.25) is 4.79 Å². The maximum absolute atomic E-state index is 14.0. The first-order valence-corrected chi connectivity index (χ1v) is 12.9. The molecule has 1 fully saturated rings. The number of aliphatic hydroxyl groups is 1. The molecule has 2 unspecified atom stereocenters. The number of esters is 1. The summed E-state index contributed by atoms with van der Waals surface area (Å²) in [6.45, 7) is 4.97. The number of benzene rings is 3. The van der Waals surface area contributed by atoms with Crippen LogP contribution in [0.4, 0.5) is 4.39 Å². The molecule has 0 bridgehead atoms. The second-order valence-corrected chi connectivity index (χ2v) is 10.0. The van der Waals surface area contributed by atoms with E-state index in [-0.39, 0.29) is 30.2 Å². The number of hydrogen-bond donors (Lipinski definition) is 1. The van der Waals surface area contributed by atoms with Gasteiger partial charge in [-0.15, -0.1) is 0 Å². The van der Waals surface area contributed by atoms with Crippen molar-refractivity contribution in [2.45, 2.75) is 57.8 Å². The third kappa shape index (κ3) is 5.23. The van der Waals surface area contributed by atoms with Gasteiger partial charge in [0, 0.05) is 36.2 Å². The van der Waals surface area contributed by atoms with E-state index in [4.69, 9.17) is 4.74 Å². The van der Waals surface area contributed by atoms with E-state index in [1.165, 1.54) is 17.8 Å². The van der Waals surface area contributed by atoms with Gasteiger partial charge in [0.05, 0.1) is 18.2 Å². The molecular formula is C32H32FNO3. The fraction of sp³-hybridized carbons (Fsp3) is 0.281. The molecular weight excluding hydrogens is 465 g/mol. The lowest BCUT2D eigenvalue weighted by atomic mass is 9.91. The van der Waals surface area contributed by atoms with Crippen molar-refractivity contribution in [3.63, 3.8) is 0 Å². The highest BCUT2D eigenvalue weighted by atomic mass is 19.1. The Balaban J connectivity index is 1.75. The Morgan fingerprint density at radius 2 is 1.49 bits per heavy atom. The van der Waals surface area contributed by atoms with Gasteiger partial charge in [0.15, 0.2) is 0 Å². The van der Waals surface area contributed by atoms with Gasteiger partial charge in [0.1, 0.15) is 11.9 Å². The number of cyclic esters (lactones) is 1. The Kier molecular flexibility index (Phi) is 7.24. The van der Waals surface area contributed by atoms with E-state index in [2.05, 4.69) is 42.7 Å². The van der Waals surface area contributed by atoms with Crippen LogP contribution in [0.3, 0.4) is 0 Å². The van der Waals surface area contributed by atoms with E-state index in [0.717, 1.165) is 33.5 Å². The summed E-state index contributed by atoms with van der Waals surface area (Å²) in [5.74, 6) is -0.445. The van der Waals surface area contributed by atoms with Crippen LogP contribution in [0.1, 0.15) is 44.7 Å². The lowest BCUT2D eigenvalue weighted by Gasteiger charge is -2.27. The zero-order chi connectivity index (χ0) is 25.9. The Hall–Kier alpha value is -3.70. The maximum Gasteiger partial charge on any atom is 0.308 e. The van der Waals surface area contributed by atoms with Crippen LogP contribution in [0.25, 0.3) is 33.5 Å². The molecule has 5 heteroatoms. The summed E-state index contributed by atoms with van der Waals surface area (Å²) < 4.78 is 21.9. The summed E-state index contributed by atoms with van der Waals surface area (Å²) in [6, 6.07) is 27.3. The maximum atomic E-state index is 14.0. The number of halogens is 1. The second-order valence-electron chi connectivity index (χ2n) is 10.0. The van der Waals surface area contributed by atoms with Crippen LogP contribution in [0.5, 0.6) is 0 Å². The highest BCUT2D eigenvalue weighted by Crippen LogP contribution is 2.47. The summed E-state index contributed by atoms with van der Waals surface area (Å²) in [6.07, 6.45) is 0.0480. The first-order chi connectivity index (χ1) is 17.9. The number of ether oxygens (including phenoxy) is 1. The topological polar surface area (TPSA) is 51.5 Å². The van der Waals surface area contributed by atoms with E-state index < -0.39 is 6.10 Å². The fourth-order valence-electron chi connectivity index (χ4n) is 5.47. The number of nitrogens with zero attached hydrogens (tertiary/aromatic N) is 1. The smallest absolute Gasteiger partial charge is 0.308 e. The molecule has 4 aromatic rings. The molecule has 5 rings (SSSR count). The first-order valence-electron chi connectivity index (χ1n) is 12.9. The van der Waals surface area contributed by atoms with Crippen molar-refractivity contribution in [1.29, 1.82) is 0 Å². The largest absolute Gasteiger partial charge is 0.462 e. The van der Waals surface area contributed by atoms with Gasteiger partial charge in [0.2, 0.25) is 0 Å². The molecule has 0 amide bonds. The van der Waals surface area contributed by atoms with Gasteiger partial charge >= 0.3 is 5.97 Å². The van der Waals surface area contributed by atoms with Gasteiger partial charge in [-0.05, 0) is 46.9 Å². The van der Waals surface area contributed by atoms with Crippen molar-refractivity contribution in [1.82, 2.24) is 4.57 Å².